The number of hydrogen-bond acceptors (Lipinski definition) is 2. The first-order valence-electron chi connectivity index (χ1n) is 5.32. The summed E-state index contributed by atoms with van der Waals surface area (Å²) in [5.41, 5.74) is 5.93. The monoisotopic (exact) mass is 224 g/mol. The standard InChI is InChI=1S/C12H17FN2O/c1-8-4-3-5-10(11(8)13)12(16)15-9(2)6-7-14/h3-5,9H,6-7,14H2,1-2H3,(H,15,16). The molecule has 0 aliphatic carbocycles. The fraction of sp³-hybridized carbons (Fsp3) is 0.417. The van der Waals surface area contributed by atoms with Crippen molar-refractivity contribution in [1.29, 1.82) is 0 Å². The summed E-state index contributed by atoms with van der Waals surface area (Å²) in [6.45, 7) is 3.98. The number of amides is 1. The van der Waals surface area contributed by atoms with Crippen LogP contribution in [0.4, 0.5) is 4.39 Å². The van der Waals surface area contributed by atoms with Crippen LogP contribution in [0.15, 0.2) is 18.2 Å². The number of halogens is 1. The van der Waals surface area contributed by atoms with E-state index in [0.717, 1.165) is 0 Å². The first-order chi connectivity index (χ1) is 7.56. The van der Waals surface area contributed by atoms with Crippen molar-refractivity contribution >= 4 is 5.91 Å². The lowest BCUT2D eigenvalue weighted by Crippen LogP contribution is -2.34. The van der Waals surface area contributed by atoms with Gasteiger partial charge in [0.15, 0.2) is 0 Å². The number of benzene rings is 1. The van der Waals surface area contributed by atoms with Crippen molar-refractivity contribution in [1.82, 2.24) is 5.32 Å². The predicted molar refractivity (Wildman–Crippen MR) is 61.7 cm³/mol. The molecule has 3 N–H and O–H groups in total. The highest BCUT2D eigenvalue weighted by Crippen LogP contribution is 2.11. The molecular weight excluding hydrogens is 207 g/mol. The van der Waals surface area contributed by atoms with Gasteiger partial charge in [-0.25, -0.2) is 4.39 Å². The van der Waals surface area contributed by atoms with Crippen LogP contribution in [0.1, 0.15) is 29.3 Å². The van der Waals surface area contributed by atoms with Gasteiger partial charge >= 0.3 is 0 Å². The Morgan fingerprint density at radius 2 is 2.25 bits per heavy atom. The molecule has 1 aromatic carbocycles. The summed E-state index contributed by atoms with van der Waals surface area (Å²) >= 11 is 0. The lowest BCUT2D eigenvalue weighted by molar-refractivity contribution is 0.0934. The molecule has 0 saturated carbocycles. The predicted octanol–water partition coefficient (Wildman–Crippen LogP) is 1.60. The van der Waals surface area contributed by atoms with Crippen LogP contribution in [0.2, 0.25) is 0 Å². The van der Waals surface area contributed by atoms with Crippen molar-refractivity contribution in [3.05, 3.63) is 35.1 Å². The van der Waals surface area contributed by atoms with Gasteiger partial charge in [0.2, 0.25) is 0 Å². The maximum absolute atomic E-state index is 13.6. The molecule has 0 bridgehead atoms. The third-order valence-corrected chi connectivity index (χ3v) is 2.41. The minimum Gasteiger partial charge on any atom is -0.349 e. The second-order valence-corrected chi connectivity index (χ2v) is 3.89. The van der Waals surface area contributed by atoms with Crippen molar-refractivity contribution in [3.8, 4) is 0 Å². The molecule has 1 aromatic rings. The number of nitrogens with two attached hydrogens (primary N) is 1. The number of rotatable bonds is 4. The molecule has 0 heterocycles. The van der Waals surface area contributed by atoms with E-state index in [0.29, 0.717) is 18.5 Å². The molecule has 0 fully saturated rings. The largest absolute Gasteiger partial charge is 0.349 e. The average Bonchev–Trinajstić information content (AvgIpc) is 2.22. The Kier molecular flexibility index (Phi) is 4.43. The molecule has 1 atom stereocenters. The van der Waals surface area contributed by atoms with Crippen molar-refractivity contribution in [2.24, 2.45) is 5.73 Å². The Hall–Kier alpha value is -1.42. The molecule has 4 heteroatoms. The van der Waals surface area contributed by atoms with Crippen LogP contribution < -0.4 is 11.1 Å². The zero-order valence-electron chi connectivity index (χ0n) is 9.59. The summed E-state index contributed by atoms with van der Waals surface area (Å²) in [5.74, 6) is -0.845. The molecule has 3 nitrogen and oxygen atoms in total. The molecule has 1 unspecified atom stereocenters. The number of aryl methyl sites for hydroxylation is 1. The first-order valence-corrected chi connectivity index (χ1v) is 5.32. The van der Waals surface area contributed by atoms with E-state index in [1.165, 1.54) is 6.07 Å². The van der Waals surface area contributed by atoms with Gasteiger partial charge in [0.25, 0.3) is 5.91 Å². The minimum atomic E-state index is -0.458. The van der Waals surface area contributed by atoms with Gasteiger partial charge in [0.05, 0.1) is 5.56 Å². The Labute approximate surface area is 94.8 Å². The van der Waals surface area contributed by atoms with Crippen LogP contribution >= 0.6 is 0 Å². The topological polar surface area (TPSA) is 55.1 Å². The van der Waals surface area contributed by atoms with E-state index in [-0.39, 0.29) is 17.5 Å². The Balaban J connectivity index is 2.77. The van der Waals surface area contributed by atoms with E-state index in [9.17, 15) is 9.18 Å². The SMILES string of the molecule is Cc1cccc(C(=O)NC(C)CCN)c1F. The Morgan fingerprint density at radius 3 is 2.88 bits per heavy atom. The maximum Gasteiger partial charge on any atom is 0.254 e. The van der Waals surface area contributed by atoms with Crippen LogP contribution in [0.3, 0.4) is 0 Å². The summed E-state index contributed by atoms with van der Waals surface area (Å²) in [6.07, 6.45) is 0.680. The van der Waals surface area contributed by atoms with Gasteiger partial charge in [0.1, 0.15) is 5.82 Å². The molecule has 1 rings (SSSR count). The lowest BCUT2D eigenvalue weighted by Gasteiger charge is -2.13. The van der Waals surface area contributed by atoms with E-state index < -0.39 is 5.82 Å². The van der Waals surface area contributed by atoms with E-state index in [2.05, 4.69) is 5.32 Å². The number of nitrogens with one attached hydrogen (secondary N) is 1. The van der Waals surface area contributed by atoms with Crippen LogP contribution in [0.25, 0.3) is 0 Å². The second kappa shape index (κ2) is 5.61. The molecule has 0 spiro atoms. The molecule has 0 saturated heterocycles. The lowest BCUT2D eigenvalue weighted by atomic mass is 10.1. The van der Waals surface area contributed by atoms with Crippen LogP contribution in [-0.2, 0) is 0 Å². The van der Waals surface area contributed by atoms with Gasteiger partial charge in [-0.1, -0.05) is 12.1 Å². The van der Waals surface area contributed by atoms with Gasteiger partial charge in [-0.2, -0.15) is 0 Å². The number of hydrogen-bond donors (Lipinski definition) is 2. The molecule has 0 radical (unpaired) electrons. The van der Waals surface area contributed by atoms with Gasteiger partial charge in [-0.05, 0) is 38.4 Å². The average molecular weight is 224 g/mol. The van der Waals surface area contributed by atoms with E-state index in [1.54, 1.807) is 19.1 Å². The quantitative estimate of drug-likeness (QED) is 0.816. The van der Waals surface area contributed by atoms with Crippen LogP contribution in [-0.4, -0.2) is 18.5 Å². The molecule has 1 amide bonds. The van der Waals surface area contributed by atoms with Crippen molar-refractivity contribution < 1.29 is 9.18 Å². The maximum atomic E-state index is 13.6. The Morgan fingerprint density at radius 1 is 1.56 bits per heavy atom. The minimum absolute atomic E-state index is 0.0441. The zero-order chi connectivity index (χ0) is 12.1. The molecule has 0 aromatic heterocycles. The van der Waals surface area contributed by atoms with Crippen molar-refractivity contribution in [2.75, 3.05) is 6.54 Å². The molecule has 88 valence electrons. The fourth-order valence-corrected chi connectivity index (χ4v) is 1.45. The van der Waals surface area contributed by atoms with Crippen LogP contribution in [0.5, 0.6) is 0 Å². The second-order valence-electron chi connectivity index (χ2n) is 3.89. The summed E-state index contributed by atoms with van der Waals surface area (Å²) in [6, 6.07) is 4.74. The Bertz CT molecular complexity index is 379. The van der Waals surface area contributed by atoms with E-state index in [1.807, 2.05) is 6.92 Å². The normalized spacial score (nSPS) is 12.2. The molecule has 16 heavy (non-hydrogen) atoms. The number of carbonyl (C=O) groups excluding carboxylic acids is 1. The zero-order valence-corrected chi connectivity index (χ0v) is 9.59. The smallest absolute Gasteiger partial charge is 0.254 e. The summed E-state index contributed by atoms with van der Waals surface area (Å²) < 4.78 is 13.6. The van der Waals surface area contributed by atoms with Gasteiger partial charge < -0.3 is 11.1 Å². The van der Waals surface area contributed by atoms with Gasteiger partial charge in [-0.15, -0.1) is 0 Å². The highest BCUT2D eigenvalue weighted by molar-refractivity contribution is 5.94. The highest BCUT2D eigenvalue weighted by atomic mass is 19.1. The fourth-order valence-electron chi connectivity index (χ4n) is 1.45. The molecular formula is C12H17FN2O. The van der Waals surface area contributed by atoms with E-state index in [4.69, 9.17) is 5.73 Å². The third kappa shape index (κ3) is 3.03. The first kappa shape index (κ1) is 12.6. The van der Waals surface area contributed by atoms with Gasteiger partial charge in [0, 0.05) is 6.04 Å². The summed E-state index contributed by atoms with van der Waals surface area (Å²) in [5, 5.41) is 2.71. The van der Waals surface area contributed by atoms with Crippen LogP contribution in [0, 0.1) is 12.7 Å². The number of carbonyl (C=O) groups is 1. The van der Waals surface area contributed by atoms with Gasteiger partial charge in [-0.3, -0.25) is 4.79 Å². The molecule has 0 aliphatic heterocycles. The van der Waals surface area contributed by atoms with E-state index >= 15 is 0 Å². The highest BCUT2D eigenvalue weighted by Gasteiger charge is 2.14. The van der Waals surface area contributed by atoms with Crippen molar-refractivity contribution in [2.45, 2.75) is 26.3 Å². The molecule has 0 aliphatic rings. The summed E-state index contributed by atoms with van der Waals surface area (Å²) in [4.78, 5) is 11.7. The summed E-state index contributed by atoms with van der Waals surface area (Å²) in [7, 11) is 0. The van der Waals surface area contributed by atoms with Crippen molar-refractivity contribution in [3.63, 3.8) is 0 Å². The third-order valence-electron chi connectivity index (χ3n) is 2.41.